The fourth-order valence-electron chi connectivity index (χ4n) is 1.54. The second-order valence-electron chi connectivity index (χ2n) is 4.12. The zero-order valence-corrected chi connectivity index (χ0v) is 9.89. The van der Waals surface area contributed by atoms with E-state index in [4.69, 9.17) is 0 Å². The topological polar surface area (TPSA) is 32.3 Å². The number of hydrogen-bond acceptors (Lipinski definition) is 3. The molecule has 1 N–H and O–H groups in total. The van der Waals surface area contributed by atoms with E-state index in [-0.39, 0.29) is 11.2 Å². The fraction of sp³-hybridized carbons (Fsp3) is 0.900. The van der Waals surface area contributed by atoms with Crippen LogP contribution < -0.4 is 5.32 Å². The van der Waals surface area contributed by atoms with Gasteiger partial charge in [0.1, 0.15) is 0 Å². The molecular weight excluding hydrogens is 196 g/mol. The van der Waals surface area contributed by atoms with Crippen molar-refractivity contribution < 1.29 is 4.79 Å². The van der Waals surface area contributed by atoms with Gasteiger partial charge in [-0.05, 0) is 18.9 Å². The van der Waals surface area contributed by atoms with E-state index < -0.39 is 0 Å². The first-order chi connectivity index (χ1) is 6.63. The van der Waals surface area contributed by atoms with Crippen LogP contribution in [0.5, 0.6) is 0 Å². The molecule has 0 spiro atoms. The van der Waals surface area contributed by atoms with Crippen LogP contribution in [-0.2, 0) is 4.79 Å². The van der Waals surface area contributed by atoms with Crippen molar-refractivity contribution in [2.24, 2.45) is 5.92 Å². The first kappa shape index (κ1) is 11.9. The maximum Gasteiger partial charge on any atom is 0.235 e. The average Bonchev–Trinajstić information content (AvgIpc) is 2.43. The van der Waals surface area contributed by atoms with E-state index in [9.17, 15) is 4.79 Å². The molecule has 3 nitrogen and oxygen atoms in total. The Bertz CT molecular complexity index is 189. The van der Waals surface area contributed by atoms with Gasteiger partial charge in [0.05, 0.1) is 5.25 Å². The lowest BCUT2D eigenvalue weighted by Crippen LogP contribution is -2.40. The molecule has 1 atom stereocenters. The van der Waals surface area contributed by atoms with Gasteiger partial charge in [0, 0.05) is 19.6 Å². The third kappa shape index (κ3) is 3.17. The molecule has 14 heavy (non-hydrogen) atoms. The van der Waals surface area contributed by atoms with Gasteiger partial charge in [0.15, 0.2) is 0 Å². The predicted octanol–water partition coefficient (Wildman–Crippen LogP) is 0.763. The molecule has 0 aromatic carbocycles. The molecule has 0 aromatic rings. The minimum atomic E-state index is -0.145. The van der Waals surface area contributed by atoms with Gasteiger partial charge >= 0.3 is 0 Å². The van der Waals surface area contributed by atoms with Gasteiger partial charge in [-0.3, -0.25) is 4.79 Å². The molecule has 1 rings (SSSR count). The fourth-order valence-corrected chi connectivity index (χ4v) is 1.70. The number of hydrogen-bond donors (Lipinski definition) is 2. The Hall–Kier alpha value is -0.220. The molecular formula is C10H20N2OS. The molecule has 4 heteroatoms. The molecule has 1 aliphatic heterocycles. The molecule has 0 aliphatic carbocycles. The lowest BCUT2D eigenvalue weighted by molar-refractivity contribution is -0.131. The minimum Gasteiger partial charge on any atom is -0.340 e. The van der Waals surface area contributed by atoms with Gasteiger partial charge in [0.25, 0.3) is 0 Å². The van der Waals surface area contributed by atoms with Crippen LogP contribution in [0.3, 0.4) is 0 Å². The SMILES string of the molecule is CC(C)C(S)C(=O)N1CCCNCC1. The minimum absolute atomic E-state index is 0.145. The van der Waals surface area contributed by atoms with Crippen molar-refractivity contribution in [2.75, 3.05) is 26.2 Å². The van der Waals surface area contributed by atoms with Gasteiger partial charge in [-0.2, -0.15) is 12.6 Å². The van der Waals surface area contributed by atoms with Crippen LogP contribution in [0, 0.1) is 5.92 Å². The third-order valence-corrected chi connectivity index (χ3v) is 3.35. The van der Waals surface area contributed by atoms with Crippen molar-refractivity contribution in [3.8, 4) is 0 Å². The number of amides is 1. The highest BCUT2D eigenvalue weighted by Gasteiger charge is 2.23. The van der Waals surface area contributed by atoms with Crippen LogP contribution in [0.25, 0.3) is 0 Å². The lowest BCUT2D eigenvalue weighted by Gasteiger charge is -2.25. The Morgan fingerprint density at radius 3 is 2.71 bits per heavy atom. The normalized spacial score (nSPS) is 20.7. The summed E-state index contributed by atoms with van der Waals surface area (Å²) in [4.78, 5) is 13.8. The maximum absolute atomic E-state index is 11.9. The van der Waals surface area contributed by atoms with Crippen LogP contribution >= 0.6 is 12.6 Å². The van der Waals surface area contributed by atoms with E-state index in [0.29, 0.717) is 5.92 Å². The molecule has 1 unspecified atom stereocenters. The van der Waals surface area contributed by atoms with Gasteiger partial charge in [-0.1, -0.05) is 13.8 Å². The molecule has 0 bridgehead atoms. The zero-order valence-electron chi connectivity index (χ0n) is 8.99. The number of rotatable bonds is 2. The molecule has 1 saturated heterocycles. The van der Waals surface area contributed by atoms with Gasteiger partial charge in [-0.25, -0.2) is 0 Å². The predicted molar refractivity (Wildman–Crippen MR) is 61.7 cm³/mol. The van der Waals surface area contributed by atoms with Gasteiger partial charge in [-0.15, -0.1) is 0 Å². The van der Waals surface area contributed by atoms with E-state index in [0.717, 1.165) is 32.6 Å². The smallest absolute Gasteiger partial charge is 0.235 e. The number of thiol groups is 1. The van der Waals surface area contributed by atoms with Crippen molar-refractivity contribution in [3.05, 3.63) is 0 Å². The number of nitrogens with zero attached hydrogens (tertiary/aromatic N) is 1. The number of carbonyl (C=O) groups is 1. The van der Waals surface area contributed by atoms with E-state index in [1.165, 1.54) is 0 Å². The van der Waals surface area contributed by atoms with Crippen LogP contribution in [-0.4, -0.2) is 42.2 Å². The maximum atomic E-state index is 11.9. The highest BCUT2D eigenvalue weighted by Crippen LogP contribution is 2.13. The monoisotopic (exact) mass is 216 g/mol. The van der Waals surface area contributed by atoms with Crippen LogP contribution in [0.4, 0.5) is 0 Å². The molecule has 1 heterocycles. The molecule has 82 valence electrons. The Morgan fingerprint density at radius 1 is 1.36 bits per heavy atom. The van der Waals surface area contributed by atoms with Crippen molar-refractivity contribution in [2.45, 2.75) is 25.5 Å². The number of carbonyl (C=O) groups excluding carboxylic acids is 1. The summed E-state index contributed by atoms with van der Waals surface area (Å²) in [5, 5.41) is 3.14. The first-order valence-corrected chi connectivity index (χ1v) is 5.82. The van der Waals surface area contributed by atoms with Crippen LogP contribution in [0.2, 0.25) is 0 Å². The summed E-state index contributed by atoms with van der Waals surface area (Å²) in [6, 6.07) is 0. The van der Waals surface area contributed by atoms with Crippen molar-refractivity contribution in [1.29, 1.82) is 0 Å². The van der Waals surface area contributed by atoms with Crippen molar-refractivity contribution in [3.63, 3.8) is 0 Å². The average molecular weight is 216 g/mol. The summed E-state index contributed by atoms with van der Waals surface area (Å²) in [7, 11) is 0. The molecule has 1 aliphatic rings. The lowest BCUT2D eigenvalue weighted by atomic mass is 10.1. The Morgan fingerprint density at radius 2 is 2.07 bits per heavy atom. The summed E-state index contributed by atoms with van der Waals surface area (Å²) in [6.45, 7) is 7.68. The second-order valence-corrected chi connectivity index (χ2v) is 4.67. The van der Waals surface area contributed by atoms with E-state index in [2.05, 4.69) is 17.9 Å². The molecule has 0 saturated carbocycles. The highest BCUT2D eigenvalue weighted by molar-refractivity contribution is 7.81. The van der Waals surface area contributed by atoms with Crippen LogP contribution in [0.1, 0.15) is 20.3 Å². The molecule has 1 fully saturated rings. The van der Waals surface area contributed by atoms with Gasteiger partial charge in [0.2, 0.25) is 5.91 Å². The van der Waals surface area contributed by atoms with Crippen molar-refractivity contribution >= 4 is 18.5 Å². The van der Waals surface area contributed by atoms with Gasteiger partial charge < -0.3 is 10.2 Å². The standard InChI is InChI=1S/C10H20N2OS/c1-8(2)9(14)10(13)12-6-3-4-11-5-7-12/h8-9,11,14H,3-7H2,1-2H3. The molecule has 1 amide bonds. The van der Waals surface area contributed by atoms with E-state index in [1.807, 2.05) is 18.7 Å². The van der Waals surface area contributed by atoms with Crippen LogP contribution in [0.15, 0.2) is 0 Å². The Kier molecular flexibility index (Phi) is 4.75. The summed E-state index contributed by atoms with van der Waals surface area (Å²) in [6.07, 6.45) is 1.05. The zero-order chi connectivity index (χ0) is 10.6. The summed E-state index contributed by atoms with van der Waals surface area (Å²) >= 11 is 4.35. The summed E-state index contributed by atoms with van der Waals surface area (Å²) in [5.74, 6) is 0.495. The Balaban J connectivity index is 2.49. The van der Waals surface area contributed by atoms with E-state index >= 15 is 0 Å². The second kappa shape index (κ2) is 5.61. The van der Waals surface area contributed by atoms with Crippen molar-refractivity contribution in [1.82, 2.24) is 10.2 Å². The largest absolute Gasteiger partial charge is 0.340 e. The number of nitrogens with one attached hydrogen (secondary N) is 1. The molecule has 0 radical (unpaired) electrons. The first-order valence-electron chi connectivity index (χ1n) is 5.30. The van der Waals surface area contributed by atoms with E-state index in [1.54, 1.807) is 0 Å². The summed E-state index contributed by atoms with van der Waals surface area (Å²) in [5.41, 5.74) is 0. The molecule has 0 aromatic heterocycles. The Labute approximate surface area is 91.6 Å². The highest BCUT2D eigenvalue weighted by atomic mass is 32.1. The quantitative estimate of drug-likeness (QED) is 0.668. The summed E-state index contributed by atoms with van der Waals surface area (Å²) < 4.78 is 0. The third-order valence-electron chi connectivity index (χ3n) is 2.54.